The lowest BCUT2D eigenvalue weighted by Gasteiger charge is -2.28. The Morgan fingerprint density at radius 1 is 1.22 bits per heavy atom. The molecule has 0 unspecified atom stereocenters. The average molecular weight is 496 g/mol. The fraction of sp³-hybridized carbons (Fsp3) is 0.308. The summed E-state index contributed by atoms with van der Waals surface area (Å²) < 4.78 is 30.0. The first-order chi connectivity index (χ1) is 17.3. The van der Waals surface area contributed by atoms with E-state index in [9.17, 15) is 18.8 Å². The Morgan fingerprint density at radius 2 is 2.03 bits per heavy atom. The Kier molecular flexibility index (Phi) is 7.62. The van der Waals surface area contributed by atoms with Crippen LogP contribution in [0.4, 0.5) is 10.1 Å². The fourth-order valence-electron chi connectivity index (χ4n) is 3.53. The molecule has 0 spiro atoms. The molecule has 1 aliphatic rings. The van der Waals surface area contributed by atoms with Gasteiger partial charge in [0.15, 0.2) is 36.3 Å². The number of nitrogens with zero attached hydrogens (tertiary/aromatic N) is 2. The van der Waals surface area contributed by atoms with Gasteiger partial charge in [-0.15, -0.1) is 0 Å². The predicted molar refractivity (Wildman–Crippen MR) is 128 cm³/mol. The third-order valence-corrected chi connectivity index (χ3v) is 5.50. The first-order valence-electron chi connectivity index (χ1n) is 11.5. The van der Waals surface area contributed by atoms with E-state index in [2.05, 4.69) is 24.1 Å². The molecule has 1 aliphatic heterocycles. The summed E-state index contributed by atoms with van der Waals surface area (Å²) in [6, 6.07) is 10.4. The van der Waals surface area contributed by atoms with Crippen molar-refractivity contribution in [2.45, 2.75) is 26.8 Å². The van der Waals surface area contributed by atoms with Gasteiger partial charge in [-0.25, -0.2) is 9.37 Å². The third kappa shape index (κ3) is 5.88. The van der Waals surface area contributed by atoms with Gasteiger partial charge in [0.1, 0.15) is 18.6 Å². The lowest BCUT2D eigenvalue weighted by atomic mass is 10.1. The van der Waals surface area contributed by atoms with Crippen LogP contribution in [-0.2, 0) is 11.3 Å². The number of carbonyl (C=O) groups is 3. The number of aromatic nitrogens is 1. The van der Waals surface area contributed by atoms with Crippen molar-refractivity contribution in [2.75, 3.05) is 24.7 Å². The summed E-state index contributed by atoms with van der Waals surface area (Å²) in [5.41, 5.74) is 0.721. The maximum absolute atomic E-state index is 13.8. The molecule has 2 heterocycles. The molecule has 0 fully saturated rings. The number of hydrogen-bond donors (Lipinski definition) is 1. The van der Waals surface area contributed by atoms with Gasteiger partial charge in [0.05, 0.1) is 5.69 Å². The lowest BCUT2D eigenvalue weighted by Crippen LogP contribution is -2.38. The molecule has 1 N–H and O–H groups in total. The monoisotopic (exact) mass is 495 g/mol. The minimum absolute atomic E-state index is 0.0307. The number of ether oxygens (including phenoxy) is 2. The van der Waals surface area contributed by atoms with Crippen molar-refractivity contribution in [2.24, 2.45) is 5.92 Å². The first-order valence-corrected chi connectivity index (χ1v) is 11.5. The number of Topliss-reactive ketones (excluding diaryl/α,β-unsaturated/α-hetero) is 1. The molecule has 0 atom stereocenters. The fourth-order valence-corrected chi connectivity index (χ4v) is 3.53. The van der Waals surface area contributed by atoms with Gasteiger partial charge in [-0.3, -0.25) is 19.3 Å². The van der Waals surface area contributed by atoms with Crippen molar-refractivity contribution >= 4 is 23.3 Å². The number of fused-ring (bicyclic) bond motifs is 1. The lowest BCUT2D eigenvalue weighted by molar-refractivity contribution is -0.121. The molecule has 3 aromatic rings. The topological polar surface area (TPSA) is 111 Å². The van der Waals surface area contributed by atoms with Crippen LogP contribution < -0.4 is 19.7 Å². The molecule has 0 saturated heterocycles. The molecule has 2 aromatic carbocycles. The molecule has 10 heteroatoms. The molecule has 0 saturated carbocycles. The highest BCUT2D eigenvalue weighted by atomic mass is 19.1. The van der Waals surface area contributed by atoms with E-state index in [1.165, 1.54) is 35.4 Å². The molecule has 0 bridgehead atoms. The van der Waals surface area contributed by atoms with Crippen LogP contribution in [0.5, 0.6) is 11.5 Å². The van der Waals surface area contributed by atoms with Gasteiger partial charge < -0.3 is 19.2 Å². The number of nitrogens with one attached hydrogen (secondary N) is 1. The first kappa shape index (κ1) is 24.9. The maximum atomic E-state index is 13.8. The van der Waals surface area contributed by atoms with E-state index in [1.807, 2.05) is 0 Å². The maximum Gasteiger partial charge on any atom is 0.273 e. The highest BCUT2D eigenvalue weighted by Crippen LogP contribution is 2.34. The number of amides is 2. The van der Waals surface area contributed by atoms with E-state index in [-0.39, 0.29) is 54.5 Å². The highest BCUT2D eigenvalue weighted by Gasteiger charge is 2.28. The van der Waals surface area contributed by atoms with Crippen LogP contribution in [0.2, 0.25) is 0 Å². The van der Waals surface area contributed by atoms with Crippen molar-refractivity contribution in [1.82, 2.24) is 10.3 Å². The Labute approximate surface area is 207 Å². The number of halogens is 1. The summed E-state index contributed by atoms with van der Waals surface area (Å²) in [5, 5.41) is 2.78. The number of para-hydroxylation sites is 1. The molecule has 188 valence electrons. The second-order valence-corrected chi connectivity index (χ2v) is 8.66. The van der Waals surface area contributed by atoms with Gasteiger partial charge in [-0.1, -0.05) is 26.0 Å². The number of hydrogen-bond acceptors (Lipinski definition) is 7. The SMILES string of the molecule is CC(C)CCNC(=O)c1coc(CN2C(=O)COc3ccc(C(=O)COc4ccccc4F)cc32)n1. The van der Waals surface area contributed by atoms with Gasteiger partial charge in [0, 0.05) is 12.1 Å². The normalized spacial score (nSPS) is 12.8. The van der Waals surface area contributed by atoms with E-state index in [0.29, 0.717) is 23.9 Å². The zero-order valence-corrected chi connectivity index (χ0v) is 20.0. The van der Waals surface area contributed by atoms with Gasteiger partial charge >= 0.3 is 0 Å². The average Bonchev–Trinajstić information content (AvgIpc) is 3.33. The van der Waals surface area contributed by atoms with Crippen molar-refractivity contribution in [3.8, 4) is 11.5 Å². The highest BCUT2D eigenvalue weighted by molar-refractivity contribution is 6.02. The number of ketones is 1. The van der Waals surface area contributed by atoms with Gasteiger partial charge in [0.25, 0.3) is 11.8 Å². The summed E-state index contributed by atoms with van der Waals surface area (Å²) in [5.74, 6) is -0.720. The smallest absolute Gasteiger partial charge is 0.273 e. The molecule has 36 heavy (non-hydrogen) atoms. The van der Waals surface area contributed by atoms with Crippen LogP contribution in [0.3, 0.4) is 0 Å². The Morgan fingerprint density at radius 3 is 2.81 bits per heavy atom. The summed E-state index contributed by atoms with van der Waals surface area (Å²) in [4.78, 5) is 43.2. The number of rotatable bonds is 10. The molecule has 2 amide bonds. The van der Waals surface area contributed by atoms with Crippen LogP contribution >= 0.6 is 0 Å². The minimum Gasteiger partial charge on any atom is -0.482 e. The largest absolute Gasteiger partial charge is 0.482 e. The van der Waals surface area contributed by atoms with Crippen LogP contribution in [0, 0.1) is 11.7 Å². The number of anilines is 1. The van der Waals surface area contributed by atoms with Crippen LogP contribution in [-0.4, -0.2) is 42.3 Å². The molecule has 9 nitrogen and oxygen atoms in total. The second kappa shape index (κ2) is 11.0. The van der Waals surface area contributed by atoms with E-state index in [1.54, 1.807) is 18.2 Å². The quantitative estimate of drug-likeness (QED) is 0.426. The Bertz CT molecular complexity index is 1270. The molecular weight excluding hydrogens is 469 g/mol. The van der Waals surface area contributed by atoms with Crippen molar-refractivity contribution in [3.63, 3.8) is 0 Å². The van der Waals surface area contributed by atoms with E-state index >= 15 is 0 Å². The van der Waals surface area contributed by atoms with E-state index < -0.39 is 11.6 Å². The number of benzene rings is 2. The van der Waals surface area contributed by atoms with Crippen LogP contribution in [0.25, 0.3) is 0 Å². The van der Waals surface area contributed by atoms with E-state index in [4.69, 9.17) is 13.9 Å². The molecular formula is C26H26FN3O6. The van der Waals surface area contributed by atoms with E-state index in [0.717, 1.165) is 6.42 Å². The minimum atomic E-state index is -0.570. The van der Waals surface area contributed by atoms with Crippen molar-refractivity contribution in [1.29, 1.82) is 0 Å². The molecule has 0 aliphatic carbocycles. The van der Waals surface area contributed by atoms with Gasteiger partial charge in [0.2, 0.25) is 5.89 Å². The zero-order chi connectivity index (χ0) is 25.7. The van der Waals surface area contributed by atoms with Crippen LogP contribution in [0.15, 0.2) is 53.1 Å². The zero-order valence-electron chi connectivity index (χ0n) is 20.0. The summed E-state index contributed by atoms with van der Waals surface area (Å²) in [6.45, 7) is 4.01. The van der Waals surface area contributed by atoms with Crippen LogP contribution in [0.1, 0.15) is 47.0 Å². The second-order valence-electron chi connectivity index (χ2n) is 8.66. The summed E-state index contributed by atoms with van der Waals surface area (Å²) >= 11 is 0. The molecule has 0 radical (unpaired) electrons. The van der Waals surface area contributed by atoms with Crippen molar-refractivity contribution < 1.29 is 32.7 Å². The predicted octanol–water partition coefficient (Wildman–Crippen LogP) is 3.78. The Balaban J connectivity index is 1.46. The summed E-state index contributed by atoms with van der Waals surface area (Å²) in [6.07, 6.45) is 2.08. The molecule has 1 aromatic heterocycles. The van der Waals surface area contributed by atoms with Gasteiger partial charge in [-0.05, 0) is 42.7 Å². The van der Waals surface area contributed by atoms with Gasteiger partial charge in [-0.2, -0.15) is 0 Å². The standard InChI is InChI=1S/C26H26FN3O6/c1-16(2)9-10-28-26(33)19-13-36-24(29-19)12-30-20-11-17(7-8-23(20)35-15-25(30)32)21(31)14-34-22-6-4-3-5-18(22)27/h3-8,11,13,16H,9-10,12,14-15H2,1-2H3,(H,28,33). The molecule has 4 rings (SSSR count). The third-order valence-electron chi connectivity index (χ3n) is 5.50. The van der Waals surface area contributed by atoms with Crippen molar-refractivity contribution in [3.05, 3.63) is 71.7 Å². The number of oxazole rings is 1. The number of carbonyl (C=O) groups excluding carboxylic acids is 3. The summed E-state index contributed by atoms with van der Waals surface area (Å²) in [7, 11) is 0. The Hall–Kier alpha value is -4.21.